The average molecular weight is 386 g/mol. The molecule has 1 aliphatic carbocycles. The van der Waals surface area contributed by atoms with Gasteiger partial charge in [0.15, 0.2) is 0 Å². The van der Waals surface area contributed by atoms with E-state index in [-0.39, 0.29) is 11.1 Å². The Morgan fingerprint density at radius 3 is 2.07 bits per heavy atom. The molecular formula is C22H24F2N2O2. The van der Waals surface area contributed by atoms with Crippen molar-refractivity contribution in [1.82, 2.24) is 0 Å². The van der Waals surface area contributed by atoms with Gasteiger partial charge in [0.1, 0.15) is 17.0 Å². The topological polar surface area (TPSA) is 58.2 Å². The molecule has 0 spiro atoms. The highest BCUT2D eigenvalue weighted by Gasteiger charge is 2.56. The van der Waals surface area contributed by atoms with Crippen LogP contribution in [0.5, 0.6) is 0 Å². The summed E-state index contributed by atoms with van der Waals surface area (Å²) in [6.07, 6.45) is 0.761. The minimum atomic E-state index is -1.23. The van der Waals surface area contributed by atoms with Gasteiger partial charge in [0.2, 0.25) is 11.8 Å². The van der Waals surface area contributed by atoms with Crippen molar-refractivity contribution >= 4 is 23.2 Å². The van der Waals surface area contributed by atoms with Crippen LogP contribution in [0.1, 0.15) is 44.7 Å². The van der Waals surface area contributed by atoms with Crippen molar-refractivity contribution in [3.63, 3.8) is 0 Å². The Hall–Kier alpha value is -2.76. The number of hydrogen-bond acceptors (Lipinski definition) is 2. The first-order valence-corrected chi connectivity index (χ1v) is 9.22. The van der Waals surface area contributed by atoms with Gasteiger partial charge in [0.25, 0.3) is 0 Å². The predicted octanol–water partition coefficient (Wildman–Crippen LogP) is 4.93. The molecule has 0 atom stereocenters. The number of hydrogen-bond donors (Lipinski definition) is 2. The zero-order chi connectivity index (χ0) is 20.7. The van der Waals surface area contributed by atoms with Gasteiger partial charge < -0.3 is 10.6 Å². The monoisotopic (exact) mass is 386 g/mol. The number of aryl methyl sites for hydroxylation is 1. The Labute approximate surface area is 163 Å². The molecule has 0 saturated heterocycles. The van der Waals surface area contributed by atoms with Crippen LogP contribution in [0, 0.1) is 24.0 Å². The van der Waals surface area contributed by atoms with E-state index in [0.29, 0.717) is 18.5 Å². The molecule has 0 bridgehead atoms. The summed E-state index contributed by atoms with van der Waals surface area (Å²) in [5.74, 6) is -1.95. The van der Waals surface area contributed by atoms with E-state index in [1.165, 1.54) is 30.3 Å². The summed E-state index contributed by atoms with van der Waals surface area (Å²) >= 11 is 0. The summed E-state index contributed by atoms with van der Waals surface area (Å²) in [5.41, 5.74) is 0.758. The summed E-state index contributed by atoms with van der Waals surface area (Å²) in [7, 11) is 0. The van der Waals surface area contributed by atoms with Gasteiger partial charge in [-0.1, -0.05) is 20.8 Å². The maximum absolute atomic E-state index is 14.4. The molecule has 2 aromatic carbocycles. The van der Waals surface area contributed by atoms with E-state index in [1.54, 1.807) is 6.07 Å². The third kappa shape index (κ3) is 3.91. The second-order valence-electron chi connectivity index (χ2n) is 8.39. The zero-order valence-electron chi connectivity index (χ0n) is 16.5. The summed E-state index contributed by atoms with van der Waals surface area (Å²) in [4.78, 5) is 25.4. The van der Waals surface area contributed by atoms with E-state index in [0.717, 1.165) is 11.1 Å². The Bertz CT molecular complexity index is 927. The molecule has 0 aromatic heterocycles. The molecule has 1 fully saturated rings. The minimum Gasteiger partial charge on any atom is -0.325 e. The van der Waals surface area contributed by atoms with Crippen molar-refractivity contribution in [2.45, 2.75) is 46.0 Å². The van der Waals surface area contributed by atoms with Gasteiger partial charge in [-0.05, 0) is 72.7 Å². The van der Waals surface area contributed by atoms with Gasteiger partial charge in [0.05, 0.1) is 5.69 Å². The number of carbonyl (C=O) groups excluding carboxylic acids is 2. The maximum atomic E-state index is 14.4. The number of rotatable bonds is 4. The summed E-state index contributed by atoms with van der Waals surface area (Å²) < 4.78 is 27.4. The van der Waals surface area contributed by atoms with Gasteiger partial charge in [-0.2, -0.15) is 0 Å². The molecule has 2 amide bonds. The van der Waals surface area contributed by atoms with Crippen LogP contribution in [0.25, 0.3) is 0 Å². The SMILES string of the molecule is Cc1cc(F)c(NC(=O)C2(C(=O)Nc3ccc(F)cc3)CC2)cc1C(C)(C)C. The number of carbonyl (C=O) groups is 2. The van der Waals surface area contributed by atoms with Crippen LogP contribution < -0.4 is 10.6 Å². The van der Waals surface area contributed by atoms with Gasteiger partial charge in [-0.15, -0.1) is 0 Å². The summed E-state index contributed by atoms with van der Waals surface area (Å²) in [5, 5.41) is 5.23. The molecule has 1 aliphatic rings. The van der Waals surface area contributed by atoms with Crippen LogP contribution in [0.4, 0.5) is 20.2 Å². The lowest BCUT2D eigenvalue weighted by Crippen LogP contribution is -2.36. The third-order valence-electron chi connectivity index (χ3n) is 5.09. The predicted molar refractivity (Wildman–Crippen MR) is 105 cm³/mol. The van der Waals surface area contributed by atoms with Crippen molar-refractivity contribution in [2.75, 3.05) is 10.6 Å². The van der Waals surface area contributed by atoms with Crippen LogP contribution in [0.3, 0.4) is 0 Å². The fraction of sp³-hybridized carbons (Fsp3) is 0.364. The smallest absolute Gasteiger partial charge is 0.240 e. The Balaban J connectivity index is 1.79. The number of halogens is 2. The van der Waals surface area contributed by atoms with Gasteiger partial charge in [-0.25, -0.2) is 8.78 Å². The van der Waals surface area contributed by atoms with Crippen molar-refractivity contribution in [3.8, 4) is 0 Å². The maximum Gasteiger partial charge on any atom is 0.240 e. The summed E-state index contributed by atoms with van der Waals surface area (Å²) in [6, 6.07) is 8.34. The van der Waals surface area contributed by atoms with E-state index in [1.807, 2.05) is 27.7 Å². The third-order valence-corrected chi connectivity index (χ3v) is 5.09. The first-order chi connectivity index (χ1) is 13.0. The lowest BCUT2D eigenvalue weighted by molar-refractivity contribution is -0.131. The quantitative estimate of drug-likeness (QED) is 0.732. The second-order valence-corrected chi connectivity index (χ2v) is 8.39. The van der Waals surface area contributed by atoms with Crippen LogP contribution in [-0.4, -0.2) is 11.8 Å². The highest BCUT2D eigenvalue weighted by Crippen LogP contribution is 2.47. The minimum absolute atomic E-state index is 0.0707. The molecule has 1 saturated carbocycles. The van der Waals surface area contributed by atoms with Gasteiger partial charge in [-0.3, -0.25) is 9.59 Å². The normalized spacial score (nSPS) is 15.1. The molecule has 0 unspecified atom stereocenters. The zero-order valence-corrected chi connectivity index (χ0v) is 16.5. The first-order valence-electron chi connectivity index (χ1n) is 9.22. The van der Waals surface area contributed by atoms with Crippen molar-refractivity contribution in [2.24, 2.45) is 5.41 Å². The van der Waals surface area contributed by atoms with E-state index < -0.39 is 28.9 Å². The van der Waals surface area contributed by atoms with Gasteiger partial charge >= 0.3 is 0 Å². The van der Waals surface area contributed by atoms with Crippen molar-refractivity contribution < 1.29 is 18.4 Å². The lowest BCUT2D eigenvalue weighted by Gasteiger charge is -2.23. The molecular weight excluding hydrogens is 362 g/mol. The Morgan fingerprint density at radius 1 is 0.964 bits per heavy atom. The Morgan fingerprint density at radius 2 is 1.54 bits per heavy atom. The van der Waals surface area contributed by atoms with Gasteiger partial charge in [0, 0.05) is 5.69 Å². The van der Waals surface area contributed by atoms with E-state index >= 15 is 0 Å². The van der Waals surface area contributed by atoms with E-state index in [2.05, 4.69) is 10.6 Å². The molecule has 0 heterocycles. The molecule has 0 radical (unpaired) electrons. The first kappa shape index (κ1) is 20.0. The highest BCUT2D eigenvalue weighted by atomic mass is 19.1. The van der Waals surface area contributed by atoms with Crippen LogP contribution in [-0.2, 0) is 15.0 Å². The molecule has 148 valence electrons. The molecule has 28 heavy (non-hydrogen) atoms. The molecule has 2 N–H and O–H groups in total. The fourth-order valence-corrected chi connectivity index (χ4v) is 3.28. The standard InChI is InChI=1S/C22H24F2N2O2/c1-13-11-17(24)18(12-16(13)21(2,3)4)26-20(28)22(9-10-22)19(27)25-15-7-5-14(23)6-8-15/h5-8,11-12H,9-10H2,1-4H3,(H,25,27)(H,26,28). The lowest BCUT2D eigenvalue weighted by atomic mass is 9.83. The second kappa shape index (κ2) is 7.00. The highest BCUT2D eigenvalue weighted by molar-refractivity contribution is 6.16. The van der Waals surface area contributed by atoms with Crippen LogP contribution in [0.2, 0.25) is 0 Å². The number of nitrogens with one attached hydrogen (secondary N) is 2. The molecule has 2 aromatic rings. The van der Waals surface area contributed by atoms with Crippen molar-refractivity contribution in [1.29, 1.82) is 0 Å². The van der Waals surface area contributed by atoms with Crippen molar-refractivity contribution in [3.05, 3.63) is 59.2 Å². The van der Waals surface area contributed by atoms with E-state index in [9.17, 15) is 18.4 Å². The number of anilines is 2. The van der Waals surface area contributed by atoms with Crippen LogP contribution >= 0.6 is 0 Å². The molecule has 0 aliphatic heterocycles. The Kier molecular flexibility index (Phi) is 5.00. The van der Waals surface area contributed by atoms with E-state index in [4.69, 9.17) is 0 Å². The fourth-order valence-electron chi connectivity index (χ4n) is 3.28. The number of amides is 2. The number of benzene rings is 2. The summed E-state index contributed by atoms with van der Waals surface area (Å²) in [6.45, 7) is 7.86. The molecule has 3 rings (SSSR count). The molecule has 4 nitrogen and oxygen atoms in total. The largest absolute Gasteiger partial charge is 0.325 e. The molecule has 6 heteroatoms. The van der Waals surface area contributed by atoms with Crippen LogP contribution in [0.15, 0.2) is 36.4 Å². The average Bonchev–Trinajstić information content (AvgIpc) is 3.40.